The second kappa shape index (κ2) is 12.6. The molecule has 0 amide bonds. The van der Waals surface area contributed by atoms with Gasteiger partial charge in [0.25, 0.3) is 0 Å². The Labute approximate surface area is 250 Å². The van der Waals surface area contributed by atoms with Crippen LogP contribution in [0.15, 0.2) is 162 Å². The van der Waals surface area contributed by atoms with E-state index in [0.29, 0.717) is 22.8 Å². The lowest BCUT2D eigenvalue weighted by atomic mass is 10.0. The first-order chi connectivity index (χ1) is 21.1. The summed E-state index contributed by atoms with van der Waals surface area (Å²) < 4.78 is 0. The maximum Gasteiger partial charge on any atom is 0.108 e. The van der Waals surface area contributed by atoms with Crippen molar-refractivity contribution in [3.8, 4) is 11.1 Å². The molecule has 0 heterocycles. The van der Waals surface area contributed by atoms with E-state index >= 15 is 0 Å². The van der Waals surface area contributed by atoms with Gasteiger partial charge in [-0.15, -0.1) is 0 Å². The van der Waals surface area contributed by atoms with Gasteiger partial charge in [-0.2, -0.15) is 10.2 Å². The fraction of sp³-hybridized carbons (Fsp3) is 0. The molecule has 4 aromatic carbocycles. The maximum atomic E-state index is 8.11. The number of nitrogens with zero attached hydrogens (tertiary/aromatic N) is 3. The van der Waals surface area contributed by atoms with Gasteiger partial charge in [0.15, 0.2) is 0 Å². The minimum Gasteiger partial charge on any atom is -0.310 e. The summed E-state index contributed by atoms with van der Waals surface area (Å²) in [6.07, 6.45) is 14.4. The number of allylic oxidation sites excluding steroid dienone is 8. The molecule has 0 aliphatic heterocycles. The Bertz CT molecular complexity index is 1750. The Morgan fingerprint density at radius 3 is 1.47 bits per heavy atom. The third kappa shape index (κ3) is 6.47. The molecule has 43 heavy (non-hydrogen) atoms. The van der Waals surface area contributed by atoms with E-state index in [4.69, 9.17) is 10.8 Å². The largest absolute Gasteiger partial charge is 0.310 e. The Morgan fingerprint density at radius 2 is 0.953 bits per heavy atom. The van der Waals surface area contributed by atoms with Crippen LogP contribution in [0.5, 0.6) is 0 Å². The predicted molar refractivity (Wildman–Crippen MR) is 181 cm³/mol. The van der Waals surface area contributed by atoms with Crippen LogP contribution in [0.25, 0.3) is 11.1 Å². The van der Waals surface area contributed by atoms with Crippen molar-refractivity contribution in [3.05, 3.63) is 152 Å². The van der Waals surface area contributed by atoms with Gasteiger partial charge in [-0.1, -0.05) is 78.9 Å². The number of hydrazone groups is 2. The highest BCUT2D eigenvalue weighted by Gasteiger charge is 2.15. The molecule has 0 unspecified atom stereocenters. The Morgan fingerprint density at radius 1 is 0.465 bits per heavy atom. The fourth-order valence-electron chi connectivity index (χ4n) is 4.70. The molecular weight excluding hydrogens is 530 g/mol. The van der Waals surface area contributed by atoms with Crippen molar-refractivity contribution in [2.75, 3.05) is 15.8 Å². The first-order valence-corrected chi connectivity index (χ1v) is 13.8. The molecule has 2 aliphatic carbocycles. The van der Waals surface area contributed by atoms with E-state index < -0.39 is 0 Å². The van der Waals surface area contributed by atoms with Crippen molar-refractivity contribution < 1.29 is 0 Å². The second-order valence-electron chi connectivity index (χ2n) is 9.83. The zero-order chi connectivity index (χ0) is 29.4. The van der Waals surface area contributed by atoms with Crippen molar-refractivity contribution in [3.63, 3.8) is 0 Å². The lowest BCUT2D eigenvalue weighted by Gasteiger charge is -2.26. The molecule has 4 aromatic rings. The number of rotatable bonds is 8. The van der Waals surface area contributed by atoms with Crippen molar-refractivity contribution in [2.24, 2.45) is 10.2 Å². The van der Waals surface area contributed by atoms with Gasteiger partial charge in [-0.05, 0) is 84.0 Å². The van der Waals surface area contributed by atoms with Gasteiger partial charge in [0, 0.05) is 17.1 Å². The monoisotopic (exact) mass is 559 g/mol. The standard InChI is InChI=1S/C36H29N7/c37-33-16-4-6-18-35(33)41-39-28-12-8-14-31(24-28)43(30-22-20-27(21-23-30)26-10-2-1-3-11-26)32-15-9-13-29(25-32)40-42-36-19-7-5-17-34(36)38/h1-25,37-40H/b37-33?,38-34?,41-35-,42-36-. The highest BCUT2D eigenvalue weighted by atomic mass is 15.3. The molecule has 0 spiro atoms. The highest BCUT2D eigenvalue weighted by Crippen LogP contribution is 2.37. The van der Waals surface area contributed by atoms with Gasteiger partial charge >= 0.3 is 0 Å². The zero-order valence-electron chi connectivity index (χ0n) is 23.3. The minimum absolute atomic E-state index is 0.356. The van der Waals surface area contributed by atoms with E-state index in [0.717, 1.165) is 39.6 Å². The summed E-state index contributed by atoms with van der Waals surface area (Å²) in [7, 11) is 0. The van der Waals surface area contributed by atoms with E-state index in [-0.39, 0.29) is 0 Å². The molecule has 0 atom stereocenters. The van der Waals surface area contributed by atoms with Crippen LogP contribution in [-0.2, 0) is 0 Å². The molecule has 0 saturated carbocycles. The highest BCUT2D eigenvalue weighted by molar-refractivity contribution is 6.50. The zero-order valence-corrected chi connectivity index (χ0v) is 23.3. The smallest absolute Gasteiger partial charge is 0.108 e. The maximum absolute atomic E-state index is 8.11. The van der Waals surface area contributed by atoms with Gasteiger partial charge in [0.2, 0.25) is 0 Å². The summed E-state index contributed by atoms with van der Waals surface area (Å²) in [6, 6.07) is 34.8. The molecular formula is C36H29N7. The molecule has 0 fully saturated rings. The van der Waals surface area contributed by atoms with E-state index in [9.17, 15) is 0 Å². The third-order valence-electron chi connectivity index (χ3n) is 6.86. The molecule has 7 heteroatoms. The average Bonchev–Trinajstić information content (AvgIpc) is 3.05. The van der Waals surface area contributed by atoms with Crippen molar-refractivity contribution >= 4 is 51.3 Å². The lowest BCUT2D eigenvalue weighted by Crippen LogP contribution is -2.13. The predicted octanol–water partition coefficient (Wildman–Crippen LogP) is 8.65. The van der Waals surface area contributed by atoms with Crippen molar-refractivity contribution in [2.45, 2.75) is 0 Å². The second-order valence-corrected chi connectivity index (χ2v) is 9.83. The van der Waals surface area contributed by atoms with Crippen LogP contribution < -0.4 is 15.8 Å². The van der Waals surface area contributed by atoms with Crippen LogP contribution >= 0.6 is 0 Å². The first-order valence-electron chi connectivity index (χ1n) is 13.8. The van der Waals surface area contributed by atoms with E-state index in [1.54, 1.807) is 12.2 Å². The van der Waals surface area contributed by atoms with Crippen molar-refractivity contribution in [1.82, 2.24) is 0 Å². The van der Waals surface area contributed by atoms with Gasteiger partial charge < -0.3 is 4.90 Å². The quantitative estimate of drug-likeness (QED) is 0.128. The molecule has 0 radical (unpaired) electrons. The average molecular weight is 560 g/mol. The van der Waals surface area contributed by atoms with E-state index in [1.165, 1.54) is 0 Å². The van der Waals surface area contributed by atoms with Crippen LogP contribution in [0.3, 0.4) is 0 Å². The van der Waals surface area contributed by atoms with Gasteiger partial charge in [0.05, 0.1) is 22.8 Å². The van der Waals surface area contributed by atoms with E-state index in [2.05, 4.69) is 74.5 Å². The summed E-state index contributed by atoms with van der Waals surface area (Å²) in [5.74, 6) is 0. The molecule has 7 nitrogen and oxygen atoms in total. The molecule has 0 bridgehead atoms. The van der Waals surface area contributed by atoms with E-state index in [1.807, 2.05) is 91.1 Å². The van der Waals surface area contributed by atoms with Crippen LogP contribution in [0.4, 0.5) is 28.4 Å². The molecule has 6 rings (SSSR count). The van der Waals surface area contributed by atoms with Gasteiger partial charge in [-0.25, -0.2) is 0 Å². The molecule has 208 valence electrons. The topological polar surface area (TPSA) is 99.7 Å². The Balaban J connectivity index is 1.35. The minimum atomic E-state index is 0.356. The number of nitrogens with one attached hydrogen (secondary N) is 4. The summed E-state index contributed by atoms with van der Waals surface area (Å²) in [5, 5.41) is 25.1. The Hall–Kier alpha value is -6.08. The van der Waals surface area contributed by atoms with Crippen LogP contribution in [0, 0.1) is 10.8 Å². The van der Waals surface area contributed by atoms with Gasteiger partial charge in [0.1, 0.15) is 11.4 Å². The Kier molecular flexibility index (Phi) is 7.95. The normalized spacial score (nSPS) is 15.7. The SMILES string of the molecule is N=C1C=CC=C/C1=N/Nc1cccc(N(c2ccc(-c3ccccc3)cc2)c2cccc(N/N=C3/C=CC=CC3=N)c2)c1. The molecule has 0 aromatic heterocycles. The summed E-state index contributed by atoms with van der Waals surface area (Å²) >= 11 is 0. The summed E-state index contributed by atoms with van der Waals surface area (Å²) in [5.41, 5.74) is 14.8. The summed E-state index contributed by atoms with van der Waals surface area (Å²) in [6.45, 7) is 0. The number of anilines is 5. The third-order valence-corrected chi connectivity index (χ3v) is 6.86. The van der Waals surface area contributed by atoms with Crippen molar-refractivity contribution in [1.29, 1.82) is 10.8 Å². The van der Waals surface area contributed by atoms with Crippen LogP contribution in [0.1, 0.15) is 0 Å². The first kappa shape index (κ1) is 27.1. The number of hydrogen-bond acceptors (Lipinski definition) is 7. The van der Waals surface area contributed by atoms with Crippen LogP contribution in [0.2, 0.25) is 0 Å². The molecule has 0 saturated heterocycles. The number of hydrogen-bond donors (Lipinski definition) is 4. The van der Waals surface area contributed by atoms with Gasteiger partial charge in [-0.3, -0.25) is 21.7 Å². The number of benzene rings is 4. The van der Waals surface area contributed by atoms with Crippen LogP contribution in [-0.4, -0.2) is 22.8 Å². The summed E-state index contributed by atoms with van der Waals surface area (Å²) in [4.78, 5) is 2.17. The lowest BCUT2D eigenvalue weighted by molar-refractivity contribution is 1.26. The fourth-order valence-corrected chi connectivity index (χ4v) is 4.70. The molecule has 4 N–H and O–H groups in total. The molecule has 2 aliphatic rings.